The van der Waals surface area contributed by atoms with Gasteiger partial charge < -0.3 is 15.8 Å². The molecule has 0 aliphatic carbocycles. The second-order valence-corrected chi connectivity index (χ2v) is 6.83. The first-order chi connectivity index (χ1) is 13.6. The number of benzene rings is 3. The first-order valence-electron chi connectivity index (χ1n) is 8.78. The molecule has 0 aromatic heterocycles. The van der Waals surface area contributed by atoms with Crippen molar-refractivity contribution in [2.75, 3.05) is 11.0 Å². The van der Waals surface area contributed by atoms with Crippen LogP contribution in [0.5, 0.6) is 0 Å². The van der Waals surface area contributed by atoms with E-state index in [1.807, 2.05) is 66.9 Å². The van der Waals surface area contributed by atoms with Crippen LogP contribution in [0.2, 0.25) is 0 Å². The first-order valence-corrected chi connectivity index (χ1v) is 10.0. The highest BCUT2D eigenvalue weighted by atomic mass is 32.2. The molecule has 1 amide bonds. The molecule has 0 heterocycles. The predicted octanol–water partition coefficient (Wildman–Crippen LogP) is 4.26. The summed E-state index contributed by atoms with van der Waals surface area (Å²) in [6.45, 7) is 0.405. The van der Waals surface area contributed by atoms with Gasteiger partial charge in [-0.15, -0.1) is 0 Å². The van der Waals surface area contributed by atoms with Gasteiger partial charge in [0.15, 0.2) is 0 Å². The van der Waals surface area contributed by atoms with Crippen molar-refractivity contribution >= 4 is 29.4 Å². The summed E-state index contributed by atoms with van der Waals surface area (Å²) >= 11 is 1.54. The smallest absolute Gasteiger partial charge is 0.252 e. The molecule has 0 aliphatic heterocycles. The van der Waals surface area contributed by atoms with Crippen molar-refractivity contribution in [3.8, 4) is 11.1 Å². The molecule has 3 aromatic carbocycles. The second kappa shape index (κ2) is 9.10. The molecule has 0 bridgehead atoms. The Morgan fingerprint density at radius 2 is 1.68 bits per heavy atom. The molecule has 28 heavy (non-hydrogen) atoms. The summed E-state index contributed by atoms with van der Waals surface area (Å²) < 4.78 is 3.19. The molecule has 5 nitrogen and oxygen atoms in total. The zero-order valence-corrected chi connectivity index (χ0v) is 16.3. The van der Waals surface area contributed by atoms with Gasteiger partial charge in [0.05, 0.1) is 0 Å². The largest absolute Gasteiger partial charge is 0.384 e. The third kappa shape index (κ3) is 4.72. The van der Waals surface area contributed by atoms with E-state index in [0.717, 1.165) is 22.4 Å². The molecule has 142 valence electrons. The number of carbonyl (C=O) groups is 1. The summed E-state index contributed by atoms with van der Waals surface area (Å²) in [6.07, 6.45) is 1.97. The number of rotatable bonds is 7. The Labute approximate surface area is 169 Å². The molecule has 6 heteroatoms. The van der Waals surface area contributed by atoms with Crippen LogP contribution >= 0.6 is 11.9 Å². The molecule has 0 atom stereocenters. The van der Waals surface area contributed by atoms with Gasteiger partial charge in [-0.25, -0.2) is 0 Å². The van der Waals surface area contributed by atoms with Crippen LogP contribution in [0, 0.1) is 5.41 Å². The predicted molar refractivity (Wildman–Crippen MR) is 118 cm³/mol. The van der Waals surface area contributed by atoms with Crippen LogP contribution in [0.15, 0.2) is 72.8 Å². The summed E-state index contributed by atoms with van der Waals surface area (Å²) in [6, 6.07) is 22.9. The molecule has 0 saturated carbocycles. The van der Waals surface area contributed by atoms with Gasteiger partial charge in [0.25, 0.3) is 5.91 Å². The molecular weight excluding hydrogens is 368 g/mol. The van der Waals surface area contributed by atoms with Crippen molar-refractivity contribution in [1.82, 2.24) is 5.32 Å². The minimum absolute atomic E-state index is 0.0308. The van der Waals surface area contributed by atoms with E-state index in [-0.39, 0.29) is 11.7 Å². The Hall–Kier alpha value is -3.25. The van der Waals surface area contributed by atoms with E-state index in [9.17, 15) is 4.79 Å². The minimum Gasteiger partial charge on any atom is -0.384 e. The van der Waals surface area contributed by atoms with Gasteiger partial charge in [0.1, 0.15) is 5.84 Å². The molecule has 3 rings (SSSR count). The first kappa shape index (κ1) is 19.5. The van der Waals surface area contributed by atoms with E-state index in [4.69, 9.17) is 11.1 Å². The number of amidine groups is 1. The molecule has 3 aromatic rings. The number of nitrogens with two attached hydrogens (primary N) is 1. The fraction of sp³-hybridized carbons (Fsp3) is 0.0909. The normalized spacial score (nSPS) is 10.3. The van der Waals surface area contributed by atoms with Crippen LogP contribution < -0.4 is 15.8 Å². The van der Waals surface area contributed by atoms with E-state index in [1.54, 1.807) is 12.1 Å². The number of nitrogen functional groups attached to an aromatic ring is 1. The number of amides is 1. The lowest BCUT2D eigenvalue weighted by Crippen LogP contribution is -2.23. The molecule has 0 spiro atoms. The van der Waals surface area contributed by atoms with Crippen LogP contribution in [0.3, 0.4) is 0 Å². The lowest BCUT2D eigenvalue weighted by atomic mass is 9.99. The summed E-state index contributed by atoms with van der Waals surface area (Å²) in [4.78, 5) is 12.8. The highest BCUT2D eigenvalue weighted by molar-refractivity contribution is 7.99. The van der Waals surface area contributed by atoms with Crippen molar-refractivity contribution in [2.24, 2.45) is 5.73 Å². The van der Waals surface area contributed by atoms with Crippen molar-refractivity contribution < 1.29 is 4.79 Å². The second-order valence-electron chi connectivity index (χ2n) is 6.22. The van der Waals surface area contributed by atoms with Crippen LogP contribution in [0.1, 0.15) is 21.5 Å². The summed E-state index contributed by atoms with van der Waals surface area (Å²) in [5, 5.41) is 10.4. The maximum absolute atomic E-state index is 12.8. The lowest BCUT2D eigenvalue weighted by molar-refractivity contribution is 0.0951. The minimum atomic E-state index is -0.127. The van der Waals surface area contributed by atoms with Crippen LogP contribution in [0.4, 0.5) is 5.69 Å². The molecule has 0 unspecified atom stereocenters. The van der Waals surface area contributed by atoms with Gasteiger partial charge in [0.2, 0.25) is 0 Å². The number of nitrogens with one attached hydrogen (secondary N) is 3. The molecular formula is C22H22N4OS. The van der Waals surface area contributed by atoms with Gasteiger partial charge in [-0.1, -0.05) is 66.5 Å². The van der Waals surface area contributed by atoms with Crippen molar-refractivity contribution in [1.29, 1.82) is 5.41 Å². The van der Waals surface area contributed by atoms with Crippen LogP contribution in [0.25, 0.3) is 11.1 Å². The number of hydrogen-bond donors (Lipinski definition) is 4. The number of anilines is 1. The zero-order chi connectivity index (χ0) is 19.9. The highest BCUT2D eigenvalue weighted by Gasteiger charge is 2.12. The Morgan fingerprint density at radius 1 is 1.00 bits per heavy atom. The Morgan fingerprint density at radius 3 is 2.32 bits per heavy atom. The average Bonchev–Trinajstić information content (AvgIpc) is 2.73. The van der Waals surface area contributed by atoms with Gasteiger partial charge in [0, 0.05) is 29.6 Å². The van der Waals surface area contributed by atoms with E-state index in [1.165, 1.54) is 11.9 Å². The summed E-state index contributed by atoms with van der Waals surface area (Å²) in [5.41, 5.74) is 10.6. The summed E-state index contributed by atoms with van der Waals surface area (Å²) in [5.74, 6) is -0.0965. The SMILES string of the molecule is CSNc1ccc(-c2ccccc2C(=O)NCc2ccc(C(=N)N)cc2)cc1. The molecule has 0 saturated heterocycles. The van der Waals surface area contributed by atoms with Gasteiger partial charge in [-0.3, -0.25) is 10.2 Å². The molecule has 0 radical (unpaired) electrons. The zero-order valence-electron chi connectivity index (χ0n) is 15.5. The highest BCUT2D eigenvalue weighted by Crippen LogP contribution is 2.25. The molecule has 5 N–H and O–H groups in total. The van der Waals surface area contributed by atoms with Crippen LogP contribution in [-0.2, 0) is 6.54 Å². The van der Waals surface area contributed by atoms with Crippen molar-refractivity contribution in [3.05, 3.63) is 89.5 Å². The van der Waals surface area contributed by atoms with Crippen LogP contribution in [-0.4, -0.2) is 18.0 Å². The van der Waals surface area contributed by atoms with Crippen molar-refractivity contribution in [3.63, 3.8) is 0 Å². The Balaban J connectivity index is 1.74. The number of hydrogen-bond acceptors (Lipinski definition) is 4. The summed E-state index contributed by atoms with van der Waals surface area (Å²) in [7, 11) is 0. The van der Waals surface area contributed by atoms with Gasteiger partial charge >= 0.3 is 0 Å². The molecule has 0 fully saturated rings. The quantitative estimate of drug-likeness (QED) is 0.276. The Bertz CT molecular complexity index is 969. The van der Waals surface area contributed by atoms with E-state index in [0.29, 0.717) is 17.7 Å². The topological polar surface area (TPSA) is 91.0 Å². The van der Waals surface area contributed by atoms with E-state index < -0.39 is 0 Å². The maximum Gasteiger partial charge on any atom is 0.252 e. The average molecular weight is 391 g/mol. The third-order valence-electron chi connectivity index (χ3n) is 4.31. The lowest BCUT2D eigenvalue weighted by Gasteiger charge is -2.11. The standard InChI is InChI=1S/C22H22N4OS/c1-28-26-18-12-10-16(11-13-18)19-4-2-3-5-20(19)22(27)25-14-15-6-8-17(9-7-15)21(23)24/h2-13,26H,14H2,1H3,(H3,23,24)(H,25,27). The fourth-order valence-electron chi connectivity index (χ4n) is 2.85. The fourth-order valence-corrected chi connectivity index (χ4v) is 3.22. The van der Waals surface area contributed by atoms with E-state index >= 15 is 0 Å². The van der Waals surface area contributed by atoms with Gasteiger partial charge in [-0.2, -0.15) is 0 Å². The monoisotopic (exact) mass is 390 g/mol. The number of carbonyl (C=O) groups excluding carboxylic acids is 1. The van der Waals surface area contributed by atoms with Gasteiger partial charge in [-0.05, 0) is 34.9 Å². The maximum atomic E-state index is 12.8. The third-order valence-corrected chi connectivity index (χ3v) is 4.75. The van der Waals surface area contributed by atoms with Crippen molar-refractivity contribution in [2.45, 2.75) is 6.54 Å². The molecule has 0 aliphatic rings. The van der Waals surface area contributed by atoms with E-state index in [2.05, 4.69) is 10.0 Å². The Kier molecular flexibility index (Phi) is 6.34.